The van der Waals surface area contributed by atoms with Crippen molar-refractivity contribution in [3.8, 4) is 49.1 Å². The Morgan fingerprint density at radius 2 is 1.33 bits per heavy atom. The van der Waals surface area contributed by atoms with Crippen LogP contribution < -0.4 is 37.6 Å². The highest BCUT2D eigenvalue weighted by molar-refractivity contribution is 7.17. The largest absolute Gasteiger partial charge is 0.508 e. The molecule has 10 bridgehead atoms. The normalized spacial score (nSPS) is 16.8. The van der Waals surface area contributed by atoms with E-state index in [9.17, 15) is 53.4 Å². The number of ketones is 1. The van der Waals surface area contributed by atoms with E-state index >= 15 is 0 Å². The summed E-state index contributed by atoms with van der Waals surface area (Å²) in [5, 5.41) is 54.6. The highest BCUT2D eigenvalue weighted by atomic mass is 32.1. The van der Waals surface area contributed by atoms with Crippen molar-refractivity contribution in [3.63, 3.8) is 0 Å². The zero-order valence-corrected chi connectivity index (χ0v) is 52.6. The number of aliphatic hydroxyl groups excluding tert-OH is 1. The number of nitrogens with one attached hydrogen (secondary N) is 6. The average Bonchev–Trinajstić information content (AvgIpc) is 1.72. The first-order valence-corrected chi connectivity index (χ1v) is 32.2. The summed E-state index contributed by atoms with van der Waals surface area (Å²) < 4.78 is 0. The zero-order chi connectivity index (χ0) is 64.9. The number of carbonyl (C=O) groups is 9. The lowest BCUT2D eigenvalue weighted by Crippen LogP contribution is -2.50. The molecule has 11 N–H and O–H groups in total. The SMILES string of the molecule is C=C(NC(=O)C(=C)NC(=O)c1csc(-c2ccc3c(n2)-c2csc(n2)-c2csc(n2)C(C(C)C(C)=O)NC(=O)C(Cc2ccc(O)cc2)NC(=O)c2csc(n2)C(C(O)c2ccccc2)NC(=O)c2nc(sc2C)C(CC(N)=O)NC(=O)c2cnc-3s2)n1)C(=O)O. The van der Waals surface area contributed by atoms with Gasteiger partial charge in [0.2, 0.25) is 11.8 Å². The van der Waals surface area contributed by atoms with E-state index < -0.39 is 101 Å². The van der Waals surface area contributed by atoms with Crippen LogP contribution in [0.2, 0.25) is 0 Å². The van der Waals surface area contributed by atoms with Crippen LogP contribution in [0.5, 0.6) is 5.75 Å². The second-order valence-electron chi connectivity index (χ2n) is 20.3. The molecule has 1 aliphatic heterocycles. The Morgan fingerprint density at radius 1 is 0.659 bits per heavy atom. The third-order valence-electron chi connectivity index (χ3n) is 13.9. The molecule has 0 aliphatic carbocycles. The number of primary amides is 1. The summed E-state index contributed by atoms with van der Waals surface area (Å²) in [5.74, 6) is -8.35. The van der Waals surface area contributed by atoms with Crippen LogP contribution in [0.15, 0.2) is 119 Å². The molecule has 0 fully saturated rings. The number of rotatable bonds is 14. The number of pyridine rings is 1. The molecule has 0 radical (unpaired) electrons. The van der Waals surface area contributed by atoms with E-state index in [0.29, 0.717) is 43.0 Å². The van der Waals surface area contributed by atoms with E-state index in [2.05, 4.69) is 59.7 Å². The lowest BCUT2D eigenvalue weighted by Gasteiger charge is -2.25. The minimum Gasteiger partial charge on any atom is -0.508 e. The van der Waals surface area contributed by atoms with E-state index in [1.165, 1.54) is 47.4 Å². The Morgan fingerprint density at radius 3 is 2.04 bits per heavy atom. The van der Waals surface area contributed by atoms with E-state index in [4.69, 9.17) is 25.8 Å². The summed E-state index contributed by atoms with van der Waals surface area (Å²) >= 11 is 6.27. The van der Waals surface area contributed by atoms with Gasteiger partial charge in [0, 0.05) is 44.3 Å². The summed E-state index contributed by atoms with van der Waals surface area (Å²) in [4.78, 5) is 154. The Labute approximate surface area is 539 Å². The lowest BCUT2D eigenvalue weighted by molar-refractivity contribution is -0.134. The predicted molar refractivity (Wildman–Crippen MR) is 339 cm³/mol. The molecule has 7 amide bonds. The van der Waals surface area contributed by atoms with Gasteiger partial charge < -0.3 is 53.0 Å². The molecule has 32 heteroatoms. The smallest absolute Gasteiger partial charge is 0.351 e. The van der Waals surface area contributed by atoms with Gasteiger partial charge in [0.1, 0.15) is 105 Å². The number of Topliss-reactive ketones (excluding diaryl/α,β-unsaturated/α-hetero) is 1. The second kappa shape index (κ2) is 27.4. The van der Waals surface area contributed by atoms with Gasteiger partial charge in [-0.1, -0.05) is 62.5 Å². The van der Waals surface area contributed by atoms with Gasteiger partial charge >= 0.3 is 5.97 Å². The Balaban J connectivity index is 1.05. The number of amides is 7. The van der Waals surface area contributed by atoms with E-state index in [1.807, 2.05) is 5.32 Å². The minimum absolute atomic E-state index is 0.0398. The third kappa shape index (κ3) is 14.7. The fraction of sp³-hybridized carbons (Fsp3) is 0.186. The molecule has 10 rings (SSSR count). The monoisotopic (exact) mass is 1340 g/mol. The highest BCUT2D eigenvalue weighted by Gasteiger charge is 2.35. The molecule has 0 saturated heterocycles. The van der Waals surface area contributed by atoms with Crippen molar-refractivity contribution in [2.75, 3.05) is 0 Å². The van der Waals surface area contributed by atoms with Gasteiger partial charge in [0.25, 0.3) is 29.5 Å². The van der Waals surface area contributed by atoms with Crippen molar-refractivity contribution in [1.82, 2.24) is 66.8 Å². The number of hydrogen-bond donors (Lipinski definition) is 10. The number of aromatic hydroxyl groups is 1. The van der Waals surface area contributed by atoms with Gasteiger partial charge in [-0.3, -0.25) is 38.4 Å². The fourth-order valence-electron chi connectivity index (χ4n) is 8.97. The number of aromatic nitrogens is 7. The number of aliphatic hydroxyl groups is 1. The van der Waals surface area contributed by atoms with Crippen molar-refractivity contribution in [3.05, 3.63) is 172 Å². The summed E-state index contributed by atoms with van der Waals surface area (Å²) in [5.41, 5.74) is 6.59. The number of carbonyl (C=O) groups excluding carboxylic acids is 8. The molecule has 6 unspecified atom stereocenters. The maximum Gasteiger partial charge on any atom is 0.351 e. The zero-order valence-electron chi connectivity index (χ0n) is 47.7. The molecule has 9 aromatic rings. The third-order valence-corrected chi connectivity index (χ3v) is 19.6. The topological polar surface area (TPSA) is 403 Å². The first-order valence-electron chi connectivity index (χ1n) is 27.0. The molecule has 464 valence electrons. The molecule has 7 aromatic heterocycles. The molecule has 0 saturated carbocycles. The van der Waals surface area contributed by atoms with Crippen LogP contribution in [0.1, 0.15) is 117 Å². The molecule has 91 heavy (non-hydrogen) atoms. The molecule has 2 aromatic carbocycles. The number of carboxylic acid groups (broad SMARTS) is 1. The van der Waals surface area contributed by atoms with E-state index in [0.717, 1.165) is 56.7 Å². The fourth-order valence-corrected chi connectivity index (χ4v) is 14.2. The van der Waals surface area contributed by atoms with Gasteiger partial charge in [-0.05, 0) is 49.2 Å². The number of nitrogens with zero attached hydrogens (tertiary/aromatic N) is 7. The number of phenolic OH excluding ortho intramolecular Hbond substituents is 1. The predicted octanol–water partition coefficient (Wildman–Crippen LogP) is 6.75. The summed E-state index contributed by atoms with van der Waals surface area (Å²) in [6, 6.07) is 12.8. The highest BCUT2D eigenvalue weighted by Crippen LogP contribution is 2.40. The first kappa shape index (κ1) is 64.0. The average molecular weight is 1340 g/mol. The van der Waals surface area contributed by atoms with Crippen LogP contribution in [0, 0.1) is 12.8 Å². The number of phenols is 1. The van der Waals surface area contributed by atoms with Gasteiger partial charge in [-0.25, -0.2) is 39.7 Å². The van der Waals surface area contributed by atoms with E-state index in [1.54, 1.807) is 79.2 Å². The van der Waals surface area contributed by atoms with E-state index in [-0.39, 0.29) is 71.3 Å². The Hall–Kier alpha value is -9.96. The number of nitrogens with two attached hydrogens (primary N) is 1. The van der Waals surface area contributed by atoms with Crippen LogP contribution in [0.4, 0.5) is 0 Å². The van der Waals surface area contributed by atoms with Gasteiger partial charge in [0.15, 0.2) is 0 Å². The summed E-state index contributed by atoms with van der Waals surface area (Å²) in [7, 11) is 0. The number of hydrogen-bond acceptors (Lipinski definition) is 24. The molecule has 6 atom stereocenters. The van der Waals surface area contributed by atoms with Crippen LogP contribution in [-0.2, 0) is 30.4 Å². The van der Waals surface area contributed by atoms with Crippen molar-refractivity contribution < 1.29 is 58.5 Å². The summed E-state index contributed by atoms with van der Waals surface area (Å²) in [6.45, 7) is 11.3. The minimum atomic E-state index is -1.49. The first-order chi connectivity index (χ1) is 43.5. The molecule has 1 aliphatic rings. The maximum atomic E-state index is 14.8. The van der Waals surface area contributed by atoms with Crippen LogP contribution in [0.25, 0.3) is 43.4 Å². The Bertz CT molecular complexity index is 4380. The van der Waals surface area contributed by atoms with Gasteiger partial charge in [-0.15, -0.1) is 68.0 Å². The lowest BCUT2D eigenvalue weighted by atomic mass is 9.97. The standard InChI is InChI=1S/C59H50N14O12S6/c1-24(27(4)74)42-57-70-39(23-89-57)55-67-36(20-86-55)44-32(15-16-33(64-44)54-68-37(21-87-54)49(80)62-25(2)47(78)63-26(3)59(84)85)53-61-19-40(91-53)51(82)66-35(18-41(60)76)56-73-43(28(5)90-56)52(83)72-45(46(77)30-9-7-6-8-10-30)58-69-38(22-88-58)50(81)65-34(48(79)71-42)17-29-11-13-31(75)14-12-29/h6-16,19-24,34-35,42,45-46,75,77H,2-3,17-18H2,1,4-5H3,(H2,60,76)(H,62,80)(H,63,78)(H,65,81)(H,66,82)(H,71,79)(H,72,83)(H,84,85). The maximum absolute atomic E-state index is 14.8. The van der Waals surface area contributed by atoms with Gasteiger partial charge in [0.05, 0.1) is 36.1 Å². The molecular formula is C59H50N14O12S6. The summed E-state index contributed by atoms with van der Waals surface area (Å²) in [6.07, 6.45) is -0.663. The number of aryl methyl sites for hydroxylation is 1. The quantitative estimate of drug-likeness (QED) is 0.0503. The molecule has 0 spiro atoms. The van der Waals surface area contributed by atoms with Crippen molar-refractivity contribution in [2.24, 2.45) is 11.7 Å². The Kier molecular flexibility index (Phi) is 19.3. The van der Waals surface area contributed by atoms with Crippen molar-refractivity contribution in [2.45, 2.75) is 63.9 Å². The molecule has 26 nitrogen and oxygen atoms in total. The molecule has 8 heterocycles. The number of thiazole rings is 6. The van der Waals surface area contributed by atoms with Crippen LogP contribution >= 0.6 is 68.0 Å². The number of aliphatic carboxylic acids is 1. The van der Waals surface area contributed by atoms with Crippen LogP contribution in [-0.4, -0.2) is 109 Å². The molecular weight excluding hydrogens is 1290 g/mol. The van der Waals surface area contributed by atoms with Gasteiger partial charge in [-0.2, -0.15) is 0 Å². The number of carboxylic acids is 1. The van der Waals surface area contributed by atoms with Crippen molar-refractivity contribution >= 4 is 121 Å². The number of benzene rings is 2. The number of fused-ring (bicyclic) bond motifs is 14. The second-order valence-corrected chi connectivity index (χ2v) is 26.0. The van der Waals surface area contributed by atoms with Crippen molar-refractivity contribution in [1.29, 1.82) is 0 Å². The van der Waals surface area contributed by atoms with Crippen LogP contribution in [0.3, 0.4) is 0 Å².